The van der Waals surface area contributed by atoms with E-state index >= 15 is 0 Å². The number of aryl methyl sites for hydroxylation is 1. The Labute approximate surface area is 152 Å². The number of rotatable bonds is 3. The van der Waals surface area contributed by atoms with Gasteiger partial charge in [-0.25, -0.2) is 4.79 Å². The first-order chi connectivity index (χ1) is 12.5. The van der Waals surface area contributed by atoms with Gasteiger partial charge in [0, 0.05) is 49.7 Å². The molecule has 1 heterocycles. The topological polar surface area (TPSA) is 78.7 Å². The molecule has 1 aliphatic rings. The standard InChI is InChI=1S/C19H22N4O3/c1-14-4-3-5-18(15(14)2)20-19(24)22-12-10-21(11-13-22)16-6-8-17(9-7-16)23(25)26/h3-9H,10-13H2,1-2H3,(H,20,24). The van der Waals surface area contributed by atoms with Gasteiger partial charge in [-0.05, 0) is 43.2 Å². The van der Waals surface area contributed by atoms with Crippen LogP contribution in [-0.4, -0.2) is 42.0 Å². The number of nitrogens with one attached hydrogen (secondary N) is 1. The molecule has 7 nitrogen and oxygen atoms in total. The molecule has 2 aromatic rings. The van der Waals surface area contributed by atoms with E-state index in [0.717, 1.165) is 22.5 Å². The Balaban J connectivity index is 1.58. The zero-order valence-electron chi connectivity index (χ0n) is 14.9. The van der Waals surface area contributed by atoms with Gasteiger partial charge >= 0.3 is 6.03 Å². The summed E-state index contributed by atoms with van der Waals surface area (Å²) in [5.74, 6) is 0. The quantitative estimate of drug-likeness (QED) is 0.675. The summed E-state index contributed by atoms with van der Waals surface area (Å²) >= 11 is 0. The van der Waals surface area contributed by atoms with E-state index in [1.54, 1.807) is 17.0 Å². The van der Waals surface area contributed by atoms with Gasteiger partial charge in [0.05, 0.1) is 4.92 Å². The second-order valence-corrected chi connectivity index (χ2v) is 6.43. The highest BCUT2D eigenvalue weighted by molar-refractivity contribution is 5.90. The van der Waals surface area contributed by atoms with Crippen LogP contribution in [-0.2, 0) is 0 Å². The van der Waals surface area contributed by atoms with Gasteiger partial charge in [-0.2, -0.15) is 0 Å². The number of nitro groups is 1. The average Bonchev–Trinajstić information content (AvgIpc) is 2.65. The zero-order valence-corrected chi connectivity index (χ0v) is 14.9. The lowest BCUT2D eigenvalue weighted by Gasteiger charge is -2.36. The zero-order chi connectivity index (χ0) is 18.7. The minimum Gasteiger partial charge on any atom is -0.368 e. The number of piperazine rings is 1. The number of hydrogen-bond donors (Lipinski definition) is 1. The van der Waals surface area contributed by atoms with Crippen molar-refractivity contribution in [1.82, 2.24) is 4.90 Å². The number of amides is 2. The van der Waals surface area contributed by atoms with Gasteiger partial charge in [-0.15, -0.1) is 0 Å². The molecule has 0 saturated carbocycles. The molecule has 136 valence electrons. The summed E-state index contributed by atoms with van der Waals surface area (Å²) in [4.78, 5) is 26.8. The van der Waals surface area contributed by atoms with Crippen LogP contribution in [0.15, 0.2) is 42.5 Å². The molecule has 0 aromatic heterocycles. The molecule has 3 rings (SSSR count). The Bertz CT molecular complexity index is 812. The smallest absolute Gasteiger partial charge is 0.321 e. The summed E-state index contributed by atoms with van der Waals surface area (Å²) < 4.78 is 0. The van der Waals surface area contributed by atoms with Crippen LogP contribution < -0.4 is 10.2 Å². The summed E-state index contributed by atoms with van der Waals surface area (Å²) in [7, 11) is 0. The van der Waals surface area contributed by atoms with Crippen molar-refractivity contribution in [2.24, 2.45) is 0 Å². The third kappa shape index (κ3) is 3.77. The third-order valence-electron chi connectivity index (χ3n) is 4.84. The number of benzene rings is 2. The molecule has 1 N–H and O–H groups in total. The van der Waals surface area contributed by atoms with E-state index in [-0.39, 0.29) is 11.7 Å². The predicted molar refractivity (Wildman–Crippen MR) is 102 cm³/mol. The minimum atomic E-state index is -0.403. The van der Waals surface area contributed by atoms with Gasteiger partial charge in [-0.1, -0.05) is 12.1 Å². The maximum absolute atomic E-state index is 12.5. The van der Waals surface area contributed by atoms with E-state index in [9.17, 15) is 14.9 Å². The molecule has 1 fully saturated rings. The van der Waals surface area contributed by atoms with Crippen LogP contribution in [0.4, 0.5) is 21.9 Å². The van der Waals surface area contributed by atoms with Crippen molar-refractivity contribution in [2.75, 3.05) is 36.4 Å². The molecule has 1 saturated heterocycles. The Morgan fingerprint density at radius 3 is 2.31 bits per heavy atom. The van der Waals surface area contributed by atoms with Crippen LogP contribution in [0.5, 0.6) is 0 Å². The van der Waals surface area contributed by atoms with Gasteiger partial charge in [0.15, 0.2) is 0 Å². The highest BCUT2D eigenvalue weighted by Gasteiger charge is 2.22. The van der Waals surface area contributed by atoms with Crippen LogP contribution in [0.3, 0.4) is 0 Å². The van der Waals surface area contributed by atoms with Gasteiger partial charge in [0.1, 0.15) is 0 Å². The van der Waals surface area contributed by atoms with Crippen molar-refractivity contribution >= 4 is 23.1 Å². The lowest BCUT2D eigenvalue weighted by atomic mass is 10.1. The van der Waals surface area contributed by atoms with Gasteiger partial charge < -0.3 is 15.1 Å². The lowest BCUT2D eigenvalue weighted by Crippen LogP contribution is -2.50. The van der Waals surface area contributed by atoms with Gasteiger partial charge in [0.25, 0.3) is 5.69 Å². The number of urea groups is 1. The molecule has 1 aliphatic heterocycles. The number of nitro benzene ring substituents is 1. The van der Waals surface area contributed by atoms with E-state index in [0.29, 0.717) is 26.2 Å². The Kier molecular flexibility index (Phi) is 5.06. The van der Waals surface area contributed by atoms with Crippen LogP contribution in [0, 0.1) is 24.0 Å². The van der Waals surface area contributed by atoms with Gasteiger partial charge in [-0.3, -0.25) is 10.1 Å². The summed E-state index contributed by atoms with van der Waals surface area (Å²) in [5.41, 5.74) is 4.08. The SMILES string of the molecule is Cc1cccc(NC(=O)N2CCN(c3ccc([N+](=O)[O-])cc3)CC2)c1C. The first-order valence-electron chi connectivity index (χ1n) is 8.57. The molecule has 0 atom stereocenters. The Morgan fingerprint density at radius 2 is 1.69 bits per heavy atom. The number of non-ortho nitro benzene ring substituents is 1. The van der Waals surface area contributed by atoms with E-state index in [1.165, 1.54) is 12.1 Å². The van der Waals surface area contributed by atoms with Crippen LogP contribution >= 0.6 is 0 Å². The molecule has 0 aliphatic carbocycles. The van der Waals surface area contributed by atoms with E-state index in [4.69, 9.17) is 0 Å². The summed E-state index contributed by atoms with van der Waals surface area (Å²) in [5, 5.41) is 13.7. The van der Waals surface area contributed by atoms with Crippen LogP contribution in [0.1, 0.15) is 11.1 Å². The number of hydrogen-bond acceptors (Lipinski definition) is 4. The highest BCUT2D eigenvalue weighted by atomic mass is 16.6. The maximum Gasteiger partial charge on any atom is 0.321 e. The fourth-order valence-electron chi connectivity index (χ4n) is 3.03. The van der Waals surface area contributed by atoms with Crippen LogP contribution in [0.2, 0.25) is 0 Å². The molecular weight excluding hydrogens is 332 g/mol. The molecule has 2 amide bonds. The van der Waals surface area contributed by atoms with Crippen molar-refractivity contribution in [1.29, 1.82) is 0 Å². The fourth-order valence-corrected chi connectivity index (χ4v) is 3.03. The largest absolute Gasteiger partial charge is 0.368 e. The second kappa shape index (κ2) is 7.43. The van der Waals surface area contributed by atoms with E-state index < -0.39 is 4.92 Å². The molecule has 0 spiro atoms. The van der Waals surface area contributed by atoms with Crippen molar-refractivity contribution in [2.45, 2.75) is 13.8 Å². The molecule has 26 heavy (non-hydrogen) atoms. The second-order valence-electron chi connectivity index (χ2n) is 6.43. The summed E-state index contributed by atoms with van der Waals surface area (Å²) in [6.45, 7) is 6.61. The normalized spacial score (nSPS) is 14.2. The fraction of sp³-hybridized carbons (Fsp3) is 0.316. The van der Waals surface area contributed by atoms with Gasteiger partial charge in [0.2, 0.25) is 0 Å². The number of carbonyl (C=O) groups is 1. The average molecular weight is 354 g/mol. The Hall–Kier alpha value is -3.09. The van der Waals surface area contributed by atoms with Crippen molar-refractivity contribution in [3.8, 4) is 0 Å². The number of nitrogens with zero attached hydrogens (tertiary/aromatic N) is 3. The summed E-state index contributed by atoms with van der Waals surface area (Å²) in [6.07, 6.45) is 0. The van der Waals surface area contributed by atoms with Crippen molar-refractivity contribution in [3.05, 3.63) is 63.7 Å². The molecule has 0 radical (unpaired) electrons. The van der Waals surface area contributed by atoms with E-state index in [2.05, 4.69) is 10.2 Å². The summed E-state index contributed by atoms with van der Waals surface area (Å²) in [6, 6.07) is 12.3. The molecule has 0 bridgehead atoms. The number of carbonyl (C=O) groups excluding carboxylic acids is 1. The molecule has 0 unspecified atom stereocenters. The highest BCUT2D eigenvalue weighted by Crippen LogP contribution is 2.22. The lowest BCUT2D eigenvalue weighted by molar-refractivity contribution is -0.384. The van der Waals surface area contributed by atoms with Crippen molar-refractivity contribution in [3.63, 3.8) is 0 Å². The molecule has 2 aromatic carbocycles. The predicted octanol–water partition coefficient (Wildman–Crippen LogP) is 3.57. The first-order valence-corrected chi connectivity index (χ1v) is 8.57. The molecular formula is C19H22N4O3. The monoisotopic (exact) mass is 354 g/mol. The first kappa shape index (κ1) is 17.7. The maximum atomic E-state index is 12.5. The number of anilines is 2. The third-order valence-corrected chi connectivity index (χ3v) is 4.84. The minimum absolute atomic E-state index is 0.0836. The molecule has 7 heteroatoms. The van der Waals surface area contributed by atoms with E-state index in [1.807, 2.05) is 32.0 Å². The van der Waals surface area contributed by atoms with Crippen LogP contribution in [0.25, 0.3) is 0 Å². The van der Waals surface area contributed by atoms with Crippen molar-refractivity contribution < 1.29 is 9.72 Å². The Morgan fingerprint density at radius 1 is 1.04 bits per heavy atom.